The smallest absolute Gasteiger partial charge is 0.262 e. The zero-order chi connectivity index (χ0) is 15.2. The van der Waals surface area contributed by atoms with Gasteiger partial charge in [0.15, 0.2) is 5.75 Å². The third-order valence-electron chi connectivity index (χ3n) is 3.91. The summed E-state index contributed by atoms with van der Waals surface area (Å²) in [4.78, 5) is 4.32. The van der Waals surface area contributed by atoms with E-state index in [1.165, 1.54) is 12.8 Å². The average molecular weight is 298 g/mol. The summed E-state index contributed by atoms with van der Waals surface area (Å²) in [5.74, 6) is 2.60. The summed E-state index contributed by atoms with van der Waals surface area (Å²) in [6, 6.07) is 11.7. The molecule has 2 aromatic rings. The summed E-state index contributed by atoms with van der Waals surface area (Å²) >= 11 is 0. The van der Waals surface area contributed by atoms with E-state index >= 15 is 0 Å². The fraction of sp³-hybridized carbons (Fsp3) is 0.389. The van der Waals surface area contributed by atoms with Crippen LogP contribution in [0.15, 0.2) is 42.6 Å². The number of nitrogens with zero attached hydrogens (tertiary/aromatic N) is 1. The molecule has 1 unspecified atom stereocenters. The number of hydrogen-bond donors (Lipinski definition) is 1. The second-order valence-electron chi connectivity index (χ2n) is 5.70. The number of hydrogen-bond acceptors (Lipinski definition) is 4. The Labute approximate surface area is 131 Å². The minimum Gasteiger partial charge on any atom is -0.488 e. The highest BCUT2D eigenvalue weighted by atomic mass is 16.5. The molecule has 3 rings (SSSR count). The fourth-order valence-corrected chi connectivity index (χ4v) is 2.61. The number of ether oxygens (including phenoxy) is 2. The standard InChI is InChI=1S/C18H22N2O2/c1-14-6-2-3-8-16(14)22-18-17(9-5-11-20-18)21-13-15-7-4-10-19-12-15/h2-3,5-6,8-9,11,15,19H,4,7,10,12-13H2,1H3. The Morgan fingerprint density at radius 1 is 1.18 bits per heavy atom. The Morgan fingerprint density at radius 3 is 2.86 bits per heavy atom. The predicted octanol–water partition coefficient (Wildman–Crippen LogP) is 3.56. The molecule has 1 saturated heterocycles. The van der Waals surface area contributed by atoms with E-state index in [4.69, 9.17) is 9.47 Å². The maximum Gasteiger partial charge on any atom is 0.262 e. The summed E-state index contributed by atoms with van der Waals surface area (Å²) < 4.78 is 11.9. The van der Waals surface area contributed by atoms with Gasteiger partial charge in [-0.05, 0) is 50.1 Å². The van der Waals surface area contributed by atoms with Crippen LogP contribution in [0.4, 0.5) is 0 Å². The monoisotopic (exact) mass is 298 g/mol. The number of rotatable bonds is 5. The summed E-state index contributed by atoms with van der Waals surface area (Å²) in [5, 5.41) is 3.41. The Morgan fingerprint density at radius 2 is 2.05 bits per heavy atom. The van der Waals surface area contributed by atoms with Crippen LogP contribution in [0.5, 0.6) is 17.4 Å². The molecule has 0 spiro atoms. The van der Waals surface area contributed by atoms with Crippen LogP contribution in [0.25, 0.3) is 0 Å². The zero-order valence-corrected chi connectivity index (χ0v) is 12.9. The molecule has 116 valence electrons. The van der Waals surface area contributed by atoms with Crippen LogP contribution in [-0.4, -0.2) is 24.7 Å². The molecular weight excluding hydrogens is 276 g/mol. The molecule has 0 saturated carbocycles. The molecule has 1 aliphatic heterocycles. The maximum atomic E-state index is 5.96. The molecule has 0 radical (unpaired) electrons. The van der Waals surface area contributed by atoms with Crippen molar-refractivity contribution in [1.82, 2.24) is 10.3 Å². The lowest BCUT2D eigenvalue weighted by Crippen LogP contribution is -2.33. The van der Waals surface area contributed by atoms with Gasteiger partial charge in [0.05, 0.1) is 6.61 Å². The van der Waals surface area contributed by atoms with E-state index < -0.39 is 0 Å². The minimum atomic E-state index is 0.528. The second-order valence-corrected chi connectivity index (χ2v) is 5.70. The van der Waals surface area contributed by atoms with Crippen LogP contribution >= 0.6 is 0 Å². The number of benzene rings is 1. The number of aryl methyl sites for hydroxylation is 1. The number of nitrogens with one attached hydrogen (secondary N) is 1. The average Bonchev–Trinajstić information content (AvgIpc) is 2.57. The first-order chi connectivity index (χ1) is 10.8. The minimum absolute atomic E-state index is 0.528. The van der Waals surface area contributed by atoms with E-state index in [2.05, 4.69) is 10.3 Å². The largest absolute Gasteiger partial charge is 0.488 e. The predicted molar refractivity (Wildman–Crippen MR) is 86.6 cm³/mol. The second kappa shape index (κ2) is 7.27. The van der Waals surface area contributed by atoms with Gasteiger partial charge < -0.3 is 14.8 Å². The molecule has 0 aliphatic carbocycles. The van der Waals surface area contributed by atoms with Crippen molar-refractivity contribution in [2.45, 2.75) is 19.8 Å². The Hall–Kier alpha value is -2.07. The molecule has 0 bridgehead atoms. The molecular formula is C18H22N2O2. The van der Waals surface area contributed by atoms with Crippen LogP contribution in [0.1, 0.15) is 18.4 Å². The van der Waals surface area contributed by atoms with Gasteiger partial charge in [0.2, 0.25) is 0 Å². The number of aromatic nitrogens is 1. The van der Waals surface area contributed by atoms with Gasteiger partial charge in [0.25, 0.3) is 5.88 Å². The Balaban J connectivity index is 1.68. The highest BCUT2D eigenvalue weighted by molar-refractivity contribution is 5.40. The molecule has 1 fully saturated rings. The van der Waals surface area contributed by atoms with Gasteiger partial charge in [-0.1, -0.05) is 18.2 Å². The number of piperidine rings is 1. The van der Waals surface area contributed by atoms with Crippen LogP contribution in [0.2, 0.25) is 0 Å². The molecule has 0 amide bonds. The zero-order valence-electron chi connectivity index (χ0n) is 12.9. The van der Waals surface area contributed by atoms with Crippen LogP contribution in [0, 0.1) is 12.8 Å². The van der Waals surface area contributed by atoms with Crippen molar-refractivity contribution in [3.8, 4) is 17.4 Å². The van der Waals surface area contributed by atoms with Crippen molar-refractivity contribution in [1.29, 1.82) is 0 Å². The van der Waals surface area contributed by atoms with Gasteiger partial charge in [-0.3, -0.25) is 0 Å². The first kappa shape index (κ1) is 14.9. The molecule has 1 N–H and O–H groups in total. The summed E-state index contributed by atoms with van der Waals surface area (Å²) in [6.45, 7) is 4.86. The number of pyridine rings is 1. The molecule has 1 aliphatic rings. The topological polar surface area (TPSA) is 43.4 Å². The van der Waals surface area contributed by atoms with E-state index in [-0.39, 0.29) is 0 Å². The van der Waals surface area contributed by atoms with Gasteiger partial charge in [-0.25, -0.2) is 4.98 Å². The van der Waals surface area contributed by atoms with Gasteiger partial charge in [-0.15, -0.1) is 0 Å². The first-order valence-corrected chi connectivity index (χ1v) is 7.85. The molecule has 4 heteroatoms. The van der Waals surface area contributed by atoms with E-state index in [0.29, 0.717) is 24.2 Å². The van der Waals surface area contributed by atoms with Crippen molar-refractivity contribution in [2.75, 3.05) is 19.7 Å². The third kappa shape index (κ3) is 3.77. The lowest BCUT2D eigenvalue weighted by molar-refractivity contribution is 0.211. The molecule has 1 aromatic heterocycles. The Kier molecular flexibility index (Phi) is 4.91. The van der Waals surface area contributed by atoms with Crippen LogP contribution in [-0.2, 0) is 0 Å². The van der Waals surface area contributed by atoms with Crippen molar-refractivity contribution in [3.63, 3.8) is 0 Å². The van der Waals surface area contributed by atoms with Crippen molar-refractivity contribution < 1.29 is 9.47 Å². The van der Waals surface area contributed by atoms with Gasteiger partial charge in [0, 0.05) is 18.7 Å². The molecule has 22 heavy (non-hydrogen) atoms. The van der Waals surface area contributed by atoms with Crippen molar-refractivity contribution in [2.24, 2.45) is 5.92 Å². The quantitative estimate of drug-likeness (QED) is 0.916. The van der Waals surface area contributed by atoms with E-state index in [9.17, 15) is 0 Å². The first-order valence-electron chi connectivity index (χ1n) is 7.85. The molecule has 1 aromatic carbocycles. The fourth-order valence-electron chi connectivity index (χ4n) is 2.61. The molecule has 4 nitrogen and oxygen atoms in total. The summed E-state index contributed by atoms with van der Waals surface area (Å²) in [7, 11) is 0. The summed E-state index contributed by atoms with van der Waals surface area (Å²) in [5.41, 5.74) is 1.08. The Bertz CT molecular complexity index is 610. The van der Waals surface area contributed by atoms with Gasteiger partial charge in [0.1, 0.15) is 5.75 Å². The van der Waals surface area contributed by atoms with Crippen LogP contribution in [0.3, 0.4) is 0 Å². The molecule has 2 heterocycles. The SMILES string of the molecule is Cc1ccccc1Oc1ncccc1OCC1CCCNC1. The van der Waals surface area contributed by atoms with E-state index in [1.54, 1.807) is 6.20 Å². The summed E-state index contributed by atoms with van der Waals surface area (Å²) in [6.07, 6.45) is 4.15. The van der Waals surface area contributed by atoms with E-state index in [1.807, 2.05) is 43.3 Å². The van der Waals surface area contributed by atoms with Gasteiger partial charge >= 0.3 is 0 Å². The van der Waals surface area contributed by atoms with E-state index in [0.717, 1.165) is 24.4 Å². The number of para-hydroxylation sites is 1. The normalized spacial score (nSPS) is 18.0. The van der Waals surface area contributed by atoms with Crippen molar-refractivity contribution in [3.05, 3.63) is 48.2 Å². The lowest BCUT2D eigenvalue weighted by atomic mass is 10.0. The highest BCUT2D eigenvalue weighted by Crippen LogP contribution is 2.31. The van der Waals surface area contributed by atoms with Gasteiger partial charge in [-0.2, -0.15) is 0 Å². The van der Waals surface area contributed by atoms with Crippen molar-refractivity contribution >= 4 is 0 Å². The lowest BCUT2D eigenvalue weighted by Gasteiger charge is -2.23. The van der Waals surface area contributed by atoms with Crippen LogP contribution < -0.4 is 14.8 Å². The molecule has 1 atom stereocenters. The third-order valence-corrected chi connectivity index (χ3v) is 3.91. The highest BCUT2D eigenvalue weighted by Gasteiger charge is 2.15. The maximum absolute atomic E-state index is 5.96.